The number of amides is 1. The van der Waals surface area contributed by atoms with Crippen LogP contribution >= 0.6 is 23.2 Å². The minimum atomic E-state index is -0.0187. The van der Waals surface area contributed by atoms with Gasteiger partial charge in [0.25, 0.3) is 5.91 Å². The minimum absolute atomic E-state index is 0.0187. The van der Waals surface area contributed by atoms with Crippen molar-refractivity contribution in [3.8, 4) is 0 Å². The van der Waals surface area contributed by atoms with Crippen LogP contribution in [0.1, 0.15) is 15.9 Å². The molecular formula is C14H9Cl2NO. The van der Waals surface area contributed by atoms with Crippen molar-refractivity contribution in [2.45, 2.75) is 6.54 Å². The molecular weight excluding hydrogens is 269 g/mol. The first-order valence-electron chi connectivity index (χ1n) is 5.51. The summed E-state index contributed by atoms with van der Waals surface area (Å²) >= 11 is 12.0. The van der Waals surface area contributed by atoms with E-state index in [2.05, 4.69) is 0 Å². The number of hydrogen-bond donors (Lipinski definition) is 0. The van der Waals surface area contributed by atoms with E-state index in [0.29, 0.717) is 22.3 Å². The molecule has 2 aromatic carbocycles. The van der Waals surface area contributed by atoms with Crippen LogP contribution in [-0.2, 0) is 6.54 Å². The summed E-state index contributed by atoms with van der Waals surface area (Å²) in [6.07, 6.45) is 0. The summed E-state index contributed by atoms with van der Waals surface area (Å²) in [6, 6.07) is 12.7. The third kappa shape index (κ3) is 1.78. The van der Waals surface area contributed by atoms with Gasteiger partial charge in [0.1, 0.15) is 0 Å². The van der Waals surface area contributed by atoms with Crippen LogP contribution < -0.4 is 4.90 Å². The van der Waals surface area contributed by atoms with Gasteiger partial charge in [0.05, 0.1) is 17.3 Å². The Bertz CT molecular complexity index is 639. The first-order valence-corrected chi connectivity index (χ1v) is 6.27. The number of rotatable bonds is 1. The van der Waals surface area contributed by atoms with Crippen molar-refractivity contribution in [3.63, 3.8) is 0 Å². The first kappa shape index (κ1) is 11.6. The fourth-order valence-corrected chi connectivity index (χ4v) is 2.66. The highest BCUT2D eigenvalue weighted by Gasteiger charge is 2.29. The smallest absolute Gasteiger partial charge is 0.258 e. The van der Waals surface area contributed by atoms with Gasteiger partial charge in [0.2, 0.25) is 0 Å². The van der Waals surface area contributed by atoms with E-state index >= 15 is 0 Å². The van der Waals surface area contributed by atoms with Gasteiger partial charge in [-0.15, -0.1) is 0 Å². The number of benzene rings is 2. The minimum Gasteiger partial charge on any atom is -0.302 e. The predicted molar refractivity (Wildman–Crippen MR) is 73.4 cm³/mol. The van der Waals surface area contributed by atoms with Crippen LogP contribution in [0.4, 0.5) is 5.69 Å². The second-order valence-electron chi connectivity index (χ2n) is 4.14. The van der Waals surface area contributed by atoms with E-state index in [-0.39, 0.29) is 5.91 Å². The van der Waals surface area contributed by atoms with Gasteiger partial charge in [-0.3, -0.25) is 4.79 Å². The van der Waals surface area contributed by atoms with Gasteiger partial charge in [-0.1, -0.05) is 41.4 Å². The lowest BCUT2D eigenvalue weighted by molar-refractivity contribution is 0.0996. The summed E-state index contributed by atoms with van der Waals surface area (Å²) in [5.41, 5.74) is 2.46. The van der Waals surface area contributed by atoms with Gasteiger partial charge < -0.3 is 4.90 Å². The zero-order valence-electron chi connectivity index (χ0n) is 9.36. The Labute approximate surface area is 115 Å². The lowest BCUT2D eigenvalue weighted by Gasteiger charge is -2.17. The molecule has 0 saturated carbocycles. The summed E-state index contributed by atoms with van der Waals surface area (Å²) < 4.78 is 0. The third-order valence-corrected chi connectivity index (χ3v) is 3.56. The van der Waals surface area contributed by atoms with Gasteiger partial charge in [-0.25, -0.2) is 0 Å². The molecule has 4 heteroatoms. The van der Waals surface area contributed by atoms with Crippen molar-refractivity contribution in [1.82, 2.24) is 0 Å². The number of fused-ring (bicyclic) bond motifs is 1. The second-order valence-corrected chi connectivity index (χ2v) is 4.99. The molecule has 1 heterocycles. The van der Waals surface area contributed by atoms with E-state index in [9.17, 15) is 4.79 Å². The topological polar surface area (TPSA) is 20.3 Å². The Hall–Kier alpha value is -1.51. The van der Waals surface area contributed by atoms with E-state index < -0.39 is 0 Å². The van der Waals surface area contributed by atoms with Gasteiger partial charge in [-0.2, -0.15) is 0 Å². The molecule has 0 aliphatic carbocycles. The summed E-state index contributed by atoms with van der Waals surface area (Å²) in [5.74, 6) is -0.0187. The molecule has 1 amide bonds. The number of carbonyl (C=O) groups excluding carboxylic acids is 1. The number of halogens is 2. The van der Waals surface area contributed by atoms with Gasteiger partial charge in [0, 0.05) is 10.6 Å². The number of anilines is 1. The zero-order valence-corrected chi connectivity index (χ0v) is 10.9. The highest BCUT2D eigenvalue weighted by molar-refractivity contribution is 6.37. The molecule has 0 N–H and O–H groups in total. The van der Waals surface area contributed by atoms with Crippen LogP contribution in [0.25, 0.3) is 0 Å². The van der Waals surface area contributed by atoms with Crippen LogP contribution in [-0.4, -0.2) is 5.91 Å². The lowest BCUT2D eigenvalue weighted by atomic mass is 10.1. The van der Waals surface area contributed by atoms with E-state index in [1.807, 2.05) is 24.3 Å². The fourth-order valence-electron chi connectivity index (χ4n) is 2.15. The lowest BCUT2D eigenvalue weighted by Crippen LogP contribution is -2.23. The van der Waals surface area contributed by atoms with Crippen LogP contribution in [0.15, 0.2) is 42.5 Å². The molecule has 0 unspecified atom stereocenters. The zero-order chi connectivity index (χ0) is 12.7. The van der Waals surface area contributed by atoms with Crippen molar-refractivity contribution in [2.24, 2.45) is 0 Å². The van der Waals surface area contributed by atoms with Crippen molar-refractivity contribution in [2.75, 3.05) is 4.90 Å². The second kappa shape index (κ2) is 4.30. The number of nitrogens with zero attached hydrogens (tertiary/aromatic N) is 1. The summed E-state index contributed by atoms with van der Waals surface area (Å²) in [5, 5.41) is 1.05. The molecule has 90 valence electrons. The highest BCUT2D eigenvalue weighted by atomic mass is 35.5. The number of hydrogen-bond acceptors (Lipinski definition) is 1. The van der Waals surface area contributed by atoms with Gasteiger partial charge in [0.15, 0.2) is 0 Å². The van der Waals surface area contributed by atoms with Crippen molar-refractivity contribution in [1.29, 1.82) is 0 Å². The van der Waals surface area contributed by atoms with Crippen molar-refractivity contribution >= 4 is 34.8 Å². The van der Waals surface area contributed by atoms with Crippen molar-refractivity contribution in [3.05, 3.63) is 63.6 Å². The molecule has 1 aliphatic rings. The molecule has 1 aliphatic heterocycles. The maximum absolute atomic E-state index is 12.3. The molecule has 18 heavy (non-hydrogen) atoms. The van der Waals surface area contributed by atoms with Crippen LogP contribution in [0.5, 0.6) is 0 Å². The molecule has 0 atom stereocenters. The average molecular weight is 278 g/mol. The van der Waals surface area contributed by atoms with Gasteiger partial charge >= 0.3 is 0 Å². The fraction of sp³-hybridized carbons (Fsp3) is 0.0714. The summed E-state index contributed by atoms with van der Waals surface area (Å²) in [7, 11) is 0. The van der Waals surface area contributed by atoms with Crippen molar-refractivity contribution < 1.29 is 4.79 Å². The monoisotopic (exact) mass is 277 g/mol. The molecule has 0 spiro atoms. The standard InChI is InChI=1S/C14H9Cl2NO/c15-10-5-6-13(12(16)7-10)17-8-9-3-1-2-4-11(9)14(17)18/h1-7H,8H2. The van der Waals surface area contributed by atoms with E-state index in [1.54, 1.807) is 23.1 Å². The Morgan fingerprint density at radius 1 is 1.06 bits per heavy atom. The van der Waals surface area contributed by atoms with Crippen LogP contribution in [0.3, 0.4) is 0 Å². The Morgan fingerprint density at radius 2 is 1.83 bits per heavy atom. The van der Waals surface area contributed by atoms with E-state index in [1.165, 1.54) is 0 Å². The average Bonchev–Trinajstić information content (AvgIpc) is 2.68. The SMILES string of the molecule is O=C1c2ccccc2CN1c1ccc(Cl)cc1Cl. The maximum Gasteiger partial charge on any atom is 0.258 e. The summed E-state index contributed by atoms with van der Waals surface area (Å²) in [6.45, 7) is 0.552. The predicted octanol–water partition coefficient (Wildman–Crippen LogP) is 4.15. The third-order valence-electron chi connectivity index (χ3n) is 3.02. The maximum atomic E-state index is 12.3. The van der Waals surface area contributed by atoms with E-state index in [0.717, 1.165) is 11.1 Å². The Balaban J connectivity index is 2.04. The van der Waals surface area contributed by atoms with E-state index in [4.69, 9.17) is 23.2 Å². The van der Waals surface area contributed by atoms with Crippen LogP contribution in [0.2, 0.25) is 10.0 Å². The molecule has 0 fully saturated rings. The van der Waals surface area contributed by atoms with Crippen LogP contribution in [0, 0.1) is 0 Å². The Morgan fingerprint density at radius 3 is 2.56 bits per heavy atom. The quantitative estimate of drug-likeness (QED) is 0.767. The summed E-state index contributed by atoms with van der Waals surface area (Å²) in [4.78, 5) is 13.9. The molecule has 0 bridgehead atoms. The molecule has 2 aromatic rings. The Kier molecular flexibility index (Phi) is 2.77. The molecule has 0 aromatic heterocycles. The molecule has 3 rings (SSSR count). The molecule has 0 radical (unpaired) electrons. The number of carbonyl (C=O) groups is 1. The highest BCUT2D eigenvalue weighted by Crippen LogP contribution is 2.34. The van der Waals surface area contributed by atoms with Gasteiger partial charge in [-0.05, 0) is 29.8 Å². The molecule has 0 saturated heterocycles. The normalized spacial score (nSPS) is 13.9. The molecule has 2 nitrogen and oxygen atoms in total. The largest absolute Gasteiger partial charge is 0.302 e. The first-order chi connectivity index (χ1) is 8.66.